The van der Waals surface area contributed by atoms with Crippen LogP contribution in [0.4, 0.5) is 11.4 Å². The van der Waals surface area contributed by atoms with Crippen LogP contribution in [0.5, 0.6) is 5.75 Å². The second-order valence-corrected chi connectivity index (χ2v) is 6.50. The van der Waals surface area contributed by atoms with Gasteiger partial charge in [0, 0.05) is 18.5 Å². The van der Waals surface area contributed by atoms with Crippen LogP contribution >= 0.6 is 11.6 Å². The number of methoxy groups -OCH3 is 1. The number of anilines is 2. The minimum atomic E-state index is -0.595. The lowest BCUT2D eigenvalue weighted by atomic mass is 10.1. The van der Waals surface area contributed by atoms with Gasteiger partial charge in [-0.2, -0.15) is 0 Å². The first-order chi connectivity index (χ1) is 13.5. The first-order valence-electron chi connectivity index (χ1n) is 8.69. The van der Waals surface area contributed by atoms with Crippen LogP contribution in [-0.4, -0.2) is 38.0 Å². The molecule has 1 aliphatic rings. The van der Waals surface area contributed by atoms with Crippen molar-refractivity contribution >= 4 is 40.8 Å². The van der Waals surface area contributed by atoms with Crippen LogP contribution in [0, 0.1) is 0 Å². The number of hydrogen-bond acceptors (Lipinski definition) is 5. The van der Waals surface area contributed by atoms with Gasteiger partial charge in [0.25, 0.3) is 0 Å². The van der Waals surface area contributed by atoms with Gasteiger partial charge in [-0.1, -0.05) is 23.7 Å². The fraction of sp³-hybridized carbons (Fsp3) is 0.250. The summed E-state index contributed by atoms with van der Waals surface area (Å²) >= 11 is 5.96. The summed E-state index contributed by atoms with van der Waals surface area (Å²) in [5, 5.41) is 2.89. The molecule has 2 amide bonds. The van der Waals surface area contributed by atoms with Crippen LogP contribution in [0.3, 0.4) is 0 Å². The highest BCUT2D eigenvalue weighted by Crippen LogP contribution is 2.31. The zero-order chi connectivity index (χ0) is 20.1. The molecular formula is C20H19ClN2O5. The fourth-order valence-corrected chi connectivity index (χ4v) is 3.07. The van der Waals surface area contributed by atoms with E-state index in [2.05, 4.69) is 10.1 Å². The Hall–Kier alpha value is -3.06. The maximum Gasteiger partial charge on any atom is 0.339 e. The number of ether oxygens (including phenoxy) is 2. The zero-order valence-electron chi connectivity index (χ0n) is 15.2. The number of amides is 2. The van der Waals surface area contributed by atoms with Crippen molar-refractivity contribution in [2.24, 2.45) is 0 Å². The molecule has 0 radical (unpaired) electrons. The van der Waals surface area contributed by atoms with E-state index < -0.39 is 5.97 Å². The highest BCUT2D eigenvalue weighted by Gasteiger charge is 2.23. The lowest BCUT2D eigenvalue weighted by molar-refractivity contribution is -0.122. The molecule has 0 saturated heterocycles. The van der Waals surface area contributed by atoms with Crippen LogP contribution in [0.25, 0.3) is 0 Å². The van der Waals surface area contributed by atoms with E-state index in [-0.39, 0.29) is 35.2 Å². The van der Waals surface area contributed by atoms with Gasteiger partial charge in [-0.25, -0.2) is 4.79 Å². The number of carbonyl (C=O) groups is 3. The van der Waals surface area contributed by atoms with Gasteiger partial charge in [-0.05, 0) is 30.3 Å². The molecule has 28 heavy (non-hydrogen) atoms. The predicted molar refractivity (Wildman–Crippen MR) is 105 cm³/mol. The van der Waals surface area contributed by atoms with E-state index in [4.69, 9.17) is 16.3 Å². The molecule has 0 aliphatic carbocycles. The number of rotatable bonds is 5. The van der Waals surface area contributed by atoms with Crippen molar-refractivity contribution in [2.75, 3.05) is 30.5 Å². The molecule has 7 nitrogen and oxygen atoms in total. The minimum absolute atomic E-state index is 0.00847. The Balaban J connectivity index is 1.59. The third-order valence-electron chi connectivity index (χ3n) is 4.25. The number of esters is 1. The van der Waals surface area contributed by atoms with Crippen LogP contribution in [0.2, 0.25) is 5.02 Å². The summed E-state index contributed by atoms with van der Waals surface area (Å²) in [5.41, 5.74) is 1.27. The van der Waals surface area contributed by atoms with E-state index in [1.54, 1.807) is 17.0 Å². The Kier molecular flexibility index (Phi) is 6.16. The second kappa shape index (κ2) is 8.75. The Morgan fingerprint density at radius 3 is 2.75 bits per heavy atom. The lowest BCUT2D eigenvalue weighted by Crippen LogP contribution is -2.38. The van der Waals surface area contributed by atoms with Gasteiger partial charge in [0.1, 0.15) is 12.4 Å². The number of carbonyl (C=O) groups excluding carboxylic acids is 3. The predicted octanol–water partition coefficient (Wildman–Crippen LogP) is 3.27. The lowest BCUT2D eigenvalue weighted by Gasteiger charge is -2.29. The molecule has 8 heteroatoms. The van der Waals surface area contributed by atoms with E-state index in [0.29, 0.717) is 30.3 Å². The quantitative estimate of drug-likeness (QED) is 0.776. The van der Waals surface area contributed by atoms with Crippen LogP contribution in [0.15, 0.2) is 42.5 Å². The number of nitrogens with one attached hydrogen (secondary N) is 1. The van der Waals surface area contributed by atoms with E-state index in [9.17, 15) is 14.4 Å². The molecule has 0 bridgehead atoms. The average Bonchev–Trinajstić information content (AvgIpc) is 2.72. The van der Waals surface area contributed by atoms with Crippen LogP contribution in [0.1, 0.15) is 23.2 Å². The maximum atomic E-state index is 12.6. The third kappa shape index (κ3) is 4.43. The van der Waals surface area contributed by atoms with Gasteiger partial charge >= 0.3 is 5.97 Å². The second-order valence-electron chi connectivity index (χ2n) is 6.10. The minimum Gasteiger partial charge on any atom is -0.490 e. The molecule has 2 aromatic carbocycles. The number of hydrogen-bond donors (Lipinski definition) is 1. The first kappa shape index (κ1) is 19.7. The number of nitrogens with zero attached hydrogens (tertiary/aromatic N) is 1. The number of para-hydroxylation sites is 2. The van der Waals surface area contributed by atoms with Gasteiger partial charge in [0.2, 0.25) is 11.8 Å². The molecule has 146 valence electrons. The summed E-state index contributed by atoms with van der Waals surface area (Å²) < 4.78 is 10.2. The van der Waals surface area contributed by atoms with Gasteiger partial charge in [-0.3, -0.25) is 9.59 Å². The van der Waals surface area contributed by atoms with Crippen LogP contribution in [-0.2, 0) is 14.3 Å². The molecule has 1 heterocycles. The Morgan fingerprint density at radius 1 is 1.18 bits per heavy atom. The van der Waals surface area contributed by atoms with Crippen molar-refractivity contribution < 1.29 is 23.9 Å². The molecule has 0 unspecified atom stereocenters. The van der Waals surface area contributed by atoms with E-state index >= 15 is 0 Å². The summed E-state index contributed by atoms with van der Waals surface area (Å²) in [4.78, 5) is 38.1. The zero-order valence-corrected chi connectivity index (χ0v) is 16.0. The molecule has 1 aliphatic heterocycles. The summed E-state index contributed by atoms with van der Waals surface area (Å²) in [6, 6.07) is 11.8. The van der Waals surface area contributed by atoms with Gasteiger partial charge in [0.05, 0.1) is 29.9 Å². The number of benzene rings is 2. The Bertz CT molecular complexity index is 915. The number of fused-ring (bicyclic) bond motifs is 1. The molecule has 0 aromatic heterocycles. The van der Waals surface area contributed by atoms with Crippen molar-refractivity contribution in [3.63, 3.8) is 0 Å². The summed E-state index contributed by atoms with van der Waals surface area (Å²) in [7, 11) is 1.25. The van der Waals surface area contributed by atoms with Crippen molar-refractivity contribution in [2.45, 2.75) is 12.8 Å². The highest BCUT2D eigenvalue weighted by atomic mass is 35.5. The SMILES string of the molecule is COC(=O)c1cc(NC(=O)CCC(=O)N2CCOc3ccccc32)ccc1Cl. The topological polar surface area (TPSA) is 84.9 Å². The molecule has 0 fully saturated rings. The summed E-state index contributed by atoms with van der Waals surface area (Å²) in [6.45, 7) is 0.854. The molecule has 2 aromatic rings. The fourth-order valence-electron chi connectivity index (χ4n) is 2.88. The van der Waals surface area contributed by atoms with Crippen molar-refractivity contribution in [1.82, 2.24) is 0 Å². The summed E-state index contributed by atoms with van der Waals surface area (Å²) in [5.74, 6) is -0.435. The largest absolute Gasteiger partial charge is 0.490 e. The smallest absolute Gasteiger partial charge is 0.339 e. The van der Waals surface area contributed by atoms with Gasteiger partial charge in [-0.15, -0.1) is 0 Å². The standard InChI is InChI=1S/C20H19ClN2O5/c1-27-20(26)14-12-13(6-7-15(14)21)22-18(24)8-9-19(25)23-10-11-28-17-5-3-2-4-16(17)23/h2-7,12H,8-11H2,1H3,(H,22,24). The van der Waals surface area contributed by atoms with Crippen molar-refractivity contribution in [3.05, 3.63) is 53.1 Å². The summed E-state index contributed by atoms with van der Waals surface area (Å²) in [6.07, 6.45) is 0.0617. The molecule has 3 rings (SSSR count). The van der Waals surface area contributed by atoms with E-state index in [1.807, 2.05) is 18.2 Å². The molecule has 0 saturated carbocycles. The van der Waals surface area contributed by atoms with Gasteiger partial charge in [0.15, 0.2) is 0 Å². The Labute approximate surface area is 167 Å². The Morgan fingerprint density at radius 2 is 1.96 bits per heavy atom. The van der Waals surface area contributed by atoms with E-state index in [0.717, 1.165) is 0 Å². The van der Waals surface area contributed by atoms with Crippen LogP contribution < -0.4 is 15.0 Å². The maximum absolute atomic E-state index is 12.6. The normalized spacial score (nSPS) is 12.6. The van der Waals surface area contributed by atoms with Crippen molar-refractivity contribution in [1.29, 1.82) is 0 Å². The third-order valence-corrected chi connectivity index (χ3v) is 4.58. The first-order valence-corrected chi connectivity index (χ1v) is 9.07. The highest BCUT2D eigenvalue weighted by molar-refractivity contribution is 6.33. The van der Waals surface area contributed by atoms with E-state index in [1.165, 1.54) is 19.2 Å². The average molecular weight is 403 g/mol. The molecule has 0 atom stereocenters. The van der Waals surface area contributed by atoms with Gasteiger partial charge < -0.3 is 19.7 Å². The number of halogens is 1. The molecule has 0 spiro atoms. The molecule has 1 N–H and O–H groups in total. The van der Waals surface area contributed by atoms with Crippen molar-refractivity contribution in [3.8, 4) is 5.75 Å². The molecular weight excluding hydrogens is 384 g/mol. The monoisotopic (exact) mass is 402 g/mol.